The van der Waals surface area contributed by atoms with E-state index in [1.54, 1.807) is 138 Å². The van der Waals surface area contributed by atoms with Crippen molar-refractivity contribution >= 4 is 144 Å². The monoisotopic (exact) mass is 1710 g/mol. The minimum absolute atomic E-state index is 0.101. The van der Waals surface area contributed by atoms with Gasteiger partial charge in [0.25, 0.3) is 46.9 Å². The van der Waals surface area contributed by atoms with Crippen LogP contribution in [0.3, 0.4) is 0 Å². The molecule has 6 heterocycles. The van der Waals surface area contributed by atoms with Gasteiger partial charge in [-0.25, -0.2) is 24.0 Å². The summed E-state index contributed by atoms with van der Waals surface area (Å²) in [6, 6.07) is 47.0. The number of benzene rings is 7. The molecule has 3 aliphatic rings. The molecule has 32 nitrogen and oxygen atoms in total. The molecule has 3 aromatic heterocycles. The molecule has 11 amide bonds. The van der Waals surface area contributed by atoms with E-state index >= 15 is 0 Å². The van der Waals surface area contributed by atoms with Crippen LogP contribution in [0.1, 0.15) is 160 Å². The number of nitrogens with zero attached hydrogens (tertiary/aromatic N) is 6. The number of anilines is 4. The fourth-order valence-electron chi connectivity index (χ4n) is 15.2. The highest BCUT2D eigenvalue weighted by Crippen LogP contribution is 2.33. The summed E-state index contributed by atoms with van der Waals surface area (Å²) in [6.07, 6.45) is 10.6. The molecule has 7 aromatic carbocycles. The van der Waals surface area contributed by atoms with Crippen molar-refractivity contribution in [1.82, 2.24) is 50.1 Å². The molecule has 3 aliphatic heterocycles. The first-order valence-electron chi connectivity index (χ1n) is 41.8. The van der Waals surface area contributed by atoms with E-state index in [-0.39, 0.29) is 76.9 Å². The lowest BCUT2D eigenvalue weighted by Crippen LogP contribution is -2.56. The van der Waals surface area contributed by atoms with Gasteiger partial charge < -0.3 is 85.6 Å². The van der Waals surface area contributed by atoms with Gasteiger partial charge in [0.05, 0.1) is 88.4 Å². The predicted molar refractivity (Wildman–Crippen MR) is 475 cm³/mol. The fraction of sp³-hybridized carbons (Fsp3) is 0.309. The van der Waals surface area contributed by atoms with E-state index in [1.807, 2.05) is 68.4 Å². The third-order valence-electron chi connectivity index (χ3n) is 21.6. The number of rotatable bonds is 28. The van der Waals surface area contributed by atoms with Crippen LogP contribution in [0, 0.1) is 6.57 Å². The van der Waals surface area contributed by atoms with Crippen LogP contribution in [-0.4, -0.2) is 220 Å². The maximum Gasteiger partial charge on any atom is 0.339 e. The Morgan fingerprint density at radius 3 is 1.17 bits per heavy atom. The largest absolute Gasteiger partial charge is 0.466 e. The number of fused-ring (bicyclic) bond motifs is 3. The maximum atomic E-state index is 13.4. The highest BCUT2D eigenvalue weighted by Gasteiger charge is 2.37. The van der Waals surface area contributed by atoms with E-state index in [4.69, 9.17) is 20.8 Å². The Morgan fingerprint density at radius 2 is 0.778 bits per heavy atom. The summed E-state index contributed by atoms with van der Waals surface area (Å²) in [6.45, 7) is 18.9. The van der Waals surface area contributed by atoms with Crippen LogP contribution < -0.4 is 31.9 Å². The van der Waals surface area contributed by atoms with Gasteiger partial charge in [-0.1, -0.05) is 134 Å². The average molecular weight is 1710 g/mol. The van der Waals surface area contributed by atoms with Crippen LogP contribution in [0.25, 0.3) is 43.3 Å². The molecule has 13 rings (SSSR count). The molecule has 0 radical (unpaired) electrons. The number of ether oxygens (including phenoxy) is 3. The van der Waals surface area contributed by atoms with Crippen molar-refractivity contribution in [3.8, 4) is 0 Å². The van der Waals surface area contributed by atoms with Gasteiger partial charge in [-0.15, -0.1) is 0 Å². The van der Waals surface area contributed by atoms with Gasteiger partial charge in [-0.3, -0.25) is 47.9 Å². The Kier molecular flexibility index (Phi) is 32.5. The molecule has 3 saturated heterocycles. The number of piperidine rings is 1. The van der Waals surface area contributed by atoms with Crippen LogP contribution in [0.2, 0.25) is 0 Å². The number of carbonyl (C=O) groups is 14. The average Bonchev–Trinajstić information content (AvgIpc) is 1.61. The number of hydrogen-bond donors (Lipinski definition) is 9. The number of unbranched alkanes of at least 4 members (excludes halogenated alkanes) is 4. The van der Waals surface area contributed by atoms with Gasteiger partial charge in [0.15, 0.2) is 5.70 Å². The van der Waals surface area contributed by atoms with Crippen LogP contribution in [0.4, 0.5) is 37.1 Å². The Bertz CT molecular complexity index is 5730. The summed E-state index contributed by atoms with van der Waals surface area (Å²) in [7, 11) is 1.25. The van der Waals surface area contributed by atoms with Gasteiger partial charge in [-0.2, -0.15) is 0 Å². The molecular weight excluding hydrogens is 1610 g/mol. The molecule has 3 fully saturated rings. The number of carbonyl (C=O) groups excluding carboxylic acids is 14. The molecule has 0 spiro atoms. The zero-order valence-corrected chi connectivity index (χ0v) is 70.7. The molecule has 0 unspecified atom stereocenters. The Labute approximate surface area is 727 Å². The lowest BCUT2D eigenvalue weighted by molar-refractivity contribution is -0.144. The van der Waals surface area contributed by atoms with Gasteiger partial charge in [-0.05, 0) is 126 Å². The van der Waals surface area contributed by atoms with Crippen LogP contribution >= 0.6 is 0 Å². The van der Waals surface area contributed by atoms with Gasteiger partial charge in [0, 0.05) is 136 Å². The number of hydrogen-bond acceptors (Lipinski definition) is 17. The number of nitrogens with one attached hydrogen (secondary N) is 9. The minimum atomic E-state index is -0.690. The SMILES string of the molecule is CCOC(=O)CCCCCNC(=O)Nc1cccc2c(C(=O)C(=O)N3CCN(C(=O)c4ccccc4)C[C@H]3C)c[nH]c12.COC(=O)c1ccccc1NC(=O)Nc1cccc2c(C(=O)C(=O)N3CCN(C(=O)c4ccccc4)C[C@H]3C)c[nH]c12.[C-]#[N+]C(=C1CCN(C(=O)C(=O)c2c[nH]c3c(NC(=O)NCCCCCC(=O)OCC)cccc23)CC1)c1ccccc1. The highest BCUT2D eigenvalue weighted by molar-refractivity contribution is 6.46. The second-order valence-corrected chi connectivity index (χ2v) is 30.0. The van der Waals surface area contributed by atoms with E-state index in [0.29, 0.717) is 177 Å². The predicted octanol–water partition coefficient (Wildman–Crippen LogP) is 13.7. The molecule has 654 valence electrons. The molecule has 0 bridgehead atoms. The number of esters is 3. The Hall–Kier alpha value is -15.0. The topological polar surface area (TPSA) is 407 Å². The summed E-state index contributed by atoms with van der Waals surface area (Å²) >= 11 is 0. The number of likely N-dealkylation sites (tertiary alicyclic amines) is 1. The third kappa shape index (κ3) is 23.4. The molecule has 32 heteroatoms. The first-order valence-corrected chi connectivity index (χ1v) is 41.8. The lowest BCUT2D eigenvalue weighted by atomic mass is 9.97. The Morgan fingerprint density at radius 1 is 0.405 bits per heavy atom. The van der Waals surface area contributed by atoms with Crippen molar-refractivity contribution in [1.29, 1.82) is 0 Å². The first-order chi connectivity index (χ1) is 61.0. The lowest BCUT2D eigenvalue weighted by Gasteiger charge is -2.39. The van der Waals surface area contributed by atoms with Crippen molar-refractivity contribution in [3.05, 3.63) is 244 Å². The number of amides is 11. The Balaban J connectivity index is 0.000000183. The minimum Gasteiger partial charge on any atom is -0.466 e. The number of aromatic nitrogens is 3. The number of aromatic amines is 3. The second-order valence-electron chi connectivity index (χ2n) is 30.0. The first kappa shape index (κ1) is 91.7. The van der Waals surface area contributed by atoms with Crippen molar-refractivity contribution in [2.75, 3.05) is 107 Å². The number of methoxy groups -OCH3 is 1. The van der Waals surface area contributed by atoms with E-state index < -0.39 is 59.1 Å². The number of Topliss-reactive ketones (excluding diaryl/α,β-unsaturated/α-hetero) is 3. The van der Waals surface area contributed by atoms with Gasteiger partial charge in [0.1, 0.15) is 0 Å². The molecule has 9 N–H and O–H groups in total. The van der Waals surface area contributed by atoms with Gasteiger partial charge >= 0.3 is 36.0 Å². The highest BCUT2D eigenvalue weighted by atomic mass is 16.5. The van der Waals surface area contributed by atoms with E-state index in [1.165, 1.54) is 41.6 Å². The van der Waals surface area contributed by atoms with Crippen molar-refractivity contribution in [3.63, 3.8) is 0 Å². The number of H-pyrrole nitrogens is 3. The van der Waals surface area contributed by atoms with Crippen LogP contribution in [-0.2, 0) is 38.2 Å². The standard InChI is InChI=1S/C32H35N5O5.C31H29N5O6.C31H37N5O6/c1-3-42-27(38)15-8-5-9-18-34-32(41)36-26-14-10-13-24-25(21-35-29(24)26)30(39)31(40)37-19-16-23(17-20-37)28(33-2)22-11-6-4-7-12-22;1-19-18-35(28(38)20-9-4-3-5-10-20)15-16-36(19)29(39)27(37)23-17-32-26-21(23)12-8-14-25(26)34-31(41)33-24-13-7-6-11-22(24)30(40)42-2;1-3-42-26(37)15-8-5-9-16-32-31(41)34-25-14-10-13-23-24(19-33-27(23)25)28(38)30(40)36-18-17-35(20-21(36)2)29(39)22-11-6-4-7-12-22/h4,6-7,10-14,21,35H,3,5,8-9,15-20H2,1H3,(H2,34,36,41);3-14,17,19,32H,15-16,18H2,1-2H3,(H2,33,34,41);4,6-7,10-14,19,21,33H,3,5,8-9,15-18,20H2,1-2H3,(H2,32,34,41)/t;19-;21-/m.11/s1. The van der Waals surface area contributed by atoms with E-state index in [9.17, 15) is 67.1 Å². The number of urea groups is 3. The third-order valence-corrected chi connectivity index (χ3v) is 21.6. The smallest absolute Gasteiger partial charge is 0.339 e. The normalized spacial score (nSPS) is 14.2. The quantitative estimate of drug-likeness (QED) is 0.00549. The summed E-state index contributed by atoms with van der Waals surface area (Å²) in [5.74, 6) is -5.07. The molecule has 0 aliphatic carbocycles. The zero-order valence-electron chi connectivity index (χ0n) is 70.7. The van der Waals surface area contributed by atoms with Gasteiger partial charge in [0.2, 0.25) is 0 Å². The van der Waals surface area contributed by atoms with Crippen molar-refractivity contribution in [2.45, 2.75) is 104 Å². The number of piperazine rings is 2. The summed E-state index contributed by atoms with van der Waals surface area (Å²) in [4.78, 5) is 199. The van der Waals surface area contributed by atoms with Crippen LogP contribution in [0.5, 0.6) is 0 Å². The number of ketones is 3. The summed E-state index contributed by atoms with van der Waals surface area (Å²) in [5.41, 5.74) is 7.58. The van der Waals surface area contributed by atoms with Crippen LogP contribution in [0.15, 0.2) is 194 Å². The van der Waals surface area contributed by atoms with E-state index in [2.05, 4.69) is 51.7 Å². The van der Waals surface area contributed by atoms with Crippen molar-refractivity contribution in [2.24, 2.45) is 0 Å². The fourth-order valence-corrected chi connectivity index (χ4v) is 15.2. The zero-order chi connectivity index (χ0) is 89.8. The van der Waals surface area contributed by atoms with Crippen molar-refractivity contribution < 1.29 is 81.3 Å². The molecule has 2 atom stereocenters. The molecule has 10 aromatic rings. The molecule has 126 heavy (non-hydrogen) atoms. The van der Waals surface area contributed by atoms with E-state index in [0.717, 1.165) is 30.4 Å². The molecule has 0 saturated carbocycles. The summed E-state index contributed by atoms with van der Waals surface area (Å²) in [5, 5.41) is 18.1. The molecular formula is C94H101N15O17. The summed E-state index contributed by atoms with van der Waals surface area (Å²) < 4.78 is 14.6. The second kappa shape index (κ2) is 44.7. The number of para-hydroxylation sites is 4. The maximum absolute atomic E-state index is 13.4.